The van der Waals surface area contributed by atoms with E-state index in [1.807, 2.05) is 36.1 Å². The van der Waals surface area contributed by atoms with Crippen LogP contribution >= 0.6 is 0 Å². The van der Waals surface area contributed by atoms with Gasteiger partial charge in [-0.15, -0.1) is 0 Å². The fourth-order valence-electron chi connectivity index (χ4n) is 5.52. The van der Waals surface area contributed by atoms with Gasteiger partial charge in [0, 0.05) is 25.6 Å². The van der Waals surface area contributed by atoms with E-state index in [4.69, 9.17) is 0 Å². The average molecular weight is 463 g/mol. The zero-order chi connectivity index (χ0) is 23.5. The second kappa shape index (κ2) is 9.99. The maximum absolute atomic E-state index is 13.2. The fourth-order valence-corrected chi connectivity index (χ4v) is 5.52. The Morgan fingerprint density at radius 2 is 1.91 bits per heavy atom. The van der Waals surface area contributed by atoms with Crippen LogP contribution < -0.4 is 5.32 Å². The van der Waals surface area contributed by atoms with E-state index in [1.54, 1.807) is 0 Å². The van der Waals surface area contributed by atoms with Crippen LogP contribution in [0.5, 0.6) is 0 Å². The summed E-state index contributed by atoms with van der Waals surface area (Å²) < 4.78 is 2.19. The molecule has 0 spiro atoms. The van der Waals surface area contributed by atoms with E-state index in [-0.39, 0.29) is 23.9 Å². The number of aryl methyl sites for hydroxylation is 2. The Morgan fingerprint density at radius 1 is 1.12 bits per heavy atom. The van der Waals surface area contributed by atoms with Gasteiger partial charge in [-0.05, 0) is 63.6 Å². The van der Waals surface area contributed by atoms with Crippen molar-refractivity contribution in [1.82, 2.24) is 30.0 Å². The molecule has 0 radical (unpaired) electrons. The van der Waals surface area contributed by atoms with E-state index in [0.717, 1.165) is 74.2 Å². The molecule has 2 aromatic heterocycles. The van der Waals surface area contributed by atoms with Crippen molar-refractivity contribution in [2.75, 3.05) is 6.54 Å². The lowest BCUT2D eigenvalue weighted by atomic mass is 9.98. The Hall–Kier alpha value is -3.16. The number of carbonyl (C=O) groups excluding carboxylic acids is 2. The molecule has 1 aliphatic heterocycles. The van der Waals surface area contributed by atoms with Crippen LogP contribution in [0.15, 0.2) is 30.3 Å². The summed E-state index contributed by atoms with van der Waals surface area (Å²) in [7, 11) is 0. The molecule has 1 saturated heterocycles. The number of fused-ring (bicyclic) bond motifs is 1. The molecule has 2 N–H and O–H groups in total. The summed E-state index contributed by atoms with van der Waals surface area (Å²) >= 11 is 0. The van der Waals surface area contributed by atoms with Gasteiger partial charge in [0.05, 0.1) is 22.8 Å². The summed E-state index contributed by atoms with van der Waals surface area (Å²) in [5.41, 5.74) is 3.39. The number of para-hydroxylation sites is 2. The summed E-state index contributed by atoms with van der Waals surface area (Å²) in [6.45, 7) is 3.53. The molecule has 180 valence electrons. The second-order valence-electron chi connectivity index (χ2n) is 9.67. The number of imidazole rings is 1. The van der Waals surface area contributed by atoms with Crippen LogP contribution in [-0.4, -0.2) is 49.0 Å². The molecule has 2 fully saturated rings. The van der Waals surface area contributed by atoms with E-state index >= 15 is 0 Å². The zero-order valence-corrected chi connectivity index (χ0v) is 19.9. The van der Waals surface area contributed by atoms with Gasteiger partial charge in [-0.3, -0.25) is 14.7 Å². The van der Waals surface area contributed by atoms with Crippen molar-refractivity contribution < 1.29 is 9.59 Å². The van der Waals surface area contributed by atoms with Gasteiger partial charge < -0.3 is 14.8 Å². The minimum absolute atomic E-state index is 0.0439. The number of nitrogens with one attached hydrogen (secondary N) is 2. The van der Waals surface area contributed by atoms with Crippen LogP contribution in [-0.2, 0) is 11.3 Å². The van der Waals surface area contributed by atoms with Crippen LogP contribution in [0.4, 0.5) is 0 Å². The first-order valence-corrected chi connectivity index (χ1v) is 12.7. The molecular formula is C26H34N6O2. The molecule has 5 rings (SSSR count). The van der Waals surface area contributed by atoms with Crippen LogP contribution in [0.25, 0.3) is 11.0 Å². The molecule has 1 atom stereocenters. The first-order valence-electron chi connectivity index (χ1n) is 12.7. The molecule has 34 heavy (non-hydrogen) atoms. The SMILES string of the molecule is Cc1nc2ccccc2n1CCCC(=O)N1CCCC[C@H]1c1cc(C(=O)NC2CCCC2)n[nH]1. The lowest BCUT2D eigenvalue weighted by molar-refractivity contribution is -0.135. The van der Waals surface area contributed by atoms with Gasteiger partial charge >= 0.3 is 0 Å². The summed E-state index contributed by atoms with van der Waals surface area (Å²) in [6.07, 6.45) is 8.66. The third-order valence-electron chi connectivity index (χ3n) is 7.32. The molecule has 0 unspecified atom stereocenters. The number of nitrogens with zero attached hydrogens (tertiary/aromatic N) is 4. The molecule has 3 heterocycles. The van der Waals surface area contributed by atoms with Crippen molar-refractivity contribution in [1.29, 1.82) is 0 Å². The first-order chi connectivity index (χ1) is 16.6. The zero-order valence-electron chi connectivity index (χ0n) is 19.9. The maximum Gasteiger partial charge on any atom is 0.271 e. The number of H-pyrrole nitrogens is 1. The van der Waals surface area contributed by atoms with Crippen LogP contribution in [0, 0.1) is 6.92 Å². The number of carbonyl (C=O) groups is 2. The quantitative estimate of drug-likeness (QED) is 0.548. The fraction of sp³-hybridized carbons (Fsp3) is 0.538. The van der Waals surface area contributed by atoms with E-state index in [2.05, 4.69) is 31.1 Å². The van der Waals surface area contributed by atoms with Crippen molar-refractivity contribution in [3.8, 4) is 0 Å². The normalized spacial score (nSPS) is 19.1. The van der Waals surface area contributed by atoms with Crippen molar-refractivity contribution >= 4 is 22.8 Å². The van der Waals surface area contributed by atoms with E-state index < -0.39 is 0 Å². The number of aromatic amines is 1. The molecule has 1 aliphatic carbocycles. The smallest absolute Gasteiger partial charge is 0.271 e. The van der Waals surface area contributed by atoms with Crippen LogP contribution in [0.2, 0.25) is 0 Å². The van der Waals surface area contributed by atoms with Gasteiger partial charge in [0.1, 0.15) is 11.5 Å². The molecule has 2 aliphatic rings. The number of benzene rings is 1. The molecule has 2 amide bonds. The standard InChI is InChI=1S/C26H34N6O2/c1-18-27-20-11-4-5-12-23(20)31(18)16-8-14-25(33)32-15-7-6-13-24(32)21-17-22(30-29-21)26(34)28-19-9-2-3-10-19/h4-5,11-12,17,19,24H,2-3,6-10,13-16H2,1H3,(H,28,34)(H,29,30)/t24-/m0/s1. The summed E-state index contributed by atoms with van der Waals surface area (Å²) in [5, 5.41) is 10.4. The molecular weight excluding hydrogens is 428 g/mol. The Kier molecular flexibility index (Phi) is 6.65. The van der Waals surface area contributed by atoms with Gasteiger partial charge in [0.15, 0.2) is 0 Å². The van der Waals surface area contributed by atoms with E-state index in [1.165, 1.54) is 12.8 Å². The number of hydrogen-bond acceptors (Lipinski definition) is 4. The highest BCUT2D eigenvalue weighted by Crippen LogP contribution is 2.31. The van der Waals surface area contributed by atoms with Crippen molar-refractivity contribution in [2.45, 2.75) is 83.3 Å². The van der Waals surface area contributed by atoms with Crippen LogP contribution in [0.1, 0.15) is 85.8 Å². The Morgan fingerprint density at radius 3 is 2.76 bits per heavy atom. The predicted molar refractivity (Wildman–Crippen MR) is 130 cm³/mol. The predicted octanol–water partition coefficient (Wildman–Crippen LogP) is 4.27. The van der Waals surface area contributed by atoms with Gasteiger partial charge in [-0.2, -0.15) is 5.10 Å². The monoisotopic (exact) mass is 462 g/mol. The first kappa shape index (κ1) is 22.6. The average Bonchev–Trinajstić information content (AvgIpc) is 3.60. The molecule has 1 aromatic carbocycles. The van der Waals surface area contributed by atoms with Crippen molar-refractivity contribution in [3.63, 3.8) is 0 Å². The number of rotatable bonds is 7. The van der Waals surface area contributed by atoms with E-state index in [0.29, 0.717) is 12.1 Å². The minimum atomic E-state index is -0.119. The number of likely N-dealkylation sites (tertiary alicyclic amines) is 1. The number of hydrogen-bond donors (Lipinski definition) is 2. The van der Waals surface area contributed by atoms with Gasteiger partial charge in [0.2, 0.25) is 5.91 Å². The second-order valence-corrected chi connectivity index (χ2v) is 9.67. The largest absolute Gasteiger partial charge is 0.348 e. The van der Waals surface area contributed by atoms with Crippen molar-refractivity contribution in [3.05, 3.63) is 47.5 Å². The molecule has 8 nitrogen and oxygen atoms in total. The topological polar surface area (TPSA) is 95.9 Å². The molecule has 3 aromatic rings. The minimum Gasteiger partial charge on any atom is -0.348 e. The van der Waals surface area contributed by atoms with Gasteiger partial charge in [-0.1, -0.05) is 25.0 Å². The highest BCUT2D eigenvalue weighted by molar-refractivity contribution is 5.92. The maximum atomic E-state index is 13.2. The Bertz CT molecular complexity index is 1160. The van der Waals surface area contributed by atoms with Crippen LogP contribution in [0.3, 0.4) is 0 Å². The molecule has 8 heteroatoms. The number of aromatic nitrogens is 4. The highest BCUT2D eigenvalue weighted by atomic mass is 16.2. The van der Waals surface area contributed by atoms with Crippen molar-refractivity contribution in [2.24, 2.45) is 0 Å². The molecule has 0 bridgehead atoms. The number of amides is 2. The third-order valence-corrected chi connectivity index (χ3v) is 7.32. The Labute approximate surface area is 200 Å². The third kappa shape index (κ3) is 4.72. The van der Waals surface area contributed by atoms with Gasteiger partial charge in [0.25, 0.3) is 5.91 Å². The summed E-state index contributed by atoms with van der Waals surface area (Å²) in [4.78, 5) is 32.4. The summed E-state index contributed by atoms with van der Waals surface area (Å²) in [6, 6.07) is 10.2. The number of piperidine rings is 1. The highest BCUT2D eigenvalue weighted by Gasteiger charge is 2.30. The van der Waals surface area contributed by atoms with E-state index in [9.17, 15) is 9.59 Å². The molecule has 1 saturated carbocycles. The Balaban J connectivity index is 1.21. The lowest BCUT2D eigenvalue weighted by Crippen LogP contribution is -2.38. The lowest BCUT2D eigenvalue weighted by Gasteiger charge is -2.35. The van der Waals surface area contributed by atoms with Gasteiger partial charge in [-0.25, -0.2) is 4.98 Å². The summed E-state index contributed by atoms with van der Waals surface area (Å²) in [5.74, 6) is 1.02.